The van der Waals surface area contributed by atoms with Gasteiger partial charge in [0.15, 0.2) is 0 Å². The maximum absolute atomic E-state index is 9.08. The van der Waals surface area contributed by atoms with Crippen molar-refractivity contribution >= 4 is 18.3 Å². The molecule has 0 atom stereocenters. The van der Waals surface area contributed by atoms with E-state index in [0.717, 1.165) is 12.2 Å². The highest BCUT2D eigenvalue weighted by Gasteiger charge is 2.24. The number of ether oxygens (including phenoxy) is 1. The molecule has 14 heavy (non-hydrogen) atoms. The summed E-state index contributed by atoms with van der Waals surface area (Å²) in [5.41, 5.74) is 1.11. The van der Waals surface area contributed by atoms with Gasteiger partial charge in [0, 0.05) is 18.7 Å². The first-order valence-corrected chi connectivity index (χ1v) is 4.38. The molecule has 6 heteroatoms. The van der Waals surface area contributed by atoms with Crippen molar-refractivity contribution in [3.63, 3.8) is 0 Å². The number of hydrogen-bond donors (Lipinski definition) is 2. The number of fused-ring (bicyclic) bond motifs is 1. The Kier molecular flexibility index (Phi) is 2.31. The van der Waals surface area contributed by atoms with Crippen molar-refractivity contribution in [1.82, 2.24) is 4.98 Å². The Morgan fingerprint density at radius 2 is 2.29 bits per heavy atom. The molecule has 0 radical (unpaired) electrons. The van der Waals surface area contributed by atoms with E-state index in [9.17, 15) is 0 Å². The zero-order valence-electron chi connectivity index (χ0n) is 7.84. The highest BCUT2D eigenvalue weighted by molar-refractivity contribution is 6.59. The zero-order chi connectivity index (χ0) is 10.1. The first-order chi connectivity index (χ1) is 6.70. The van der Waals surface area contributed by atoms with E-state index < -0.39 is 7.12 Å². The monoisotopic (exact) mass is 194 g/mol. The third-order valence-corrected chi connectivity index (χ3v) is 2.27. The number of likely N-dealkylation sites (N-methyl/N-ethyl adjacent to an activating group) is 1. The topological polar surface area (TPSA) is 65.8 Å². The van der Waals surface area contributed by atoms with E-state index in [1.54, 1.807) is 6.20 Å². The summed E-state index contributed by atoms with van der Waals surface area (Å²) in [6.07, 6.45) is 3.06. The average molecular weight is 194 g/mol. The van der Waals surface area contributed by atoms with Crippen LogP contribution in [0.2, 0.25) is 0 Å². The predicted octanol–water partition coefficient (Wildman–Crippen LogP) is -1.41. The van der Waals surface area contributed by atoms with Crippen LogP contribution >= 0.6 is 0 Å². The normalized spacial score (nSPS) is 14.6. The van der Waals surface area contributed by atoms with Gasteiger partial charge in [-0.2, -0.15) is 0 Å². The van der Waals surface area contributed by atoms with Crippen molar-refractivity contribution in [3.8, 4) is 5.75 Å². The van der Waals surface area contributed by atoms with Crippen LogP contribution in [0.5, 0.6) is 5.75 Å². The van der Waals surface area contributed by atoms with Crippen molar-refractivity contribution in [1.29, 1.82) is 0 Å². The standard InChI is InChI=1S/C8H11BN2O3/c1-11-2-3-14-8-6(9(12)13)4-10-5-7(8)11/h4-5,12-13H,2-3H2,1H3. The Morgan fingerprint density at radius 1 is 1.50 bits per heavy atom. The second kappa shape index (κ2) is 3.47. The predicted molar refractivity (Wildman–Crippen MR) is 52.8 cm³/mol. The quantitative estimate of drug-likeness (QED) is 0.537. The molecule has 1 aromatic rings. The van der Waals surface area contributed by atoms with E-state index in [1.165, 1.54) is 6.20 Å². The highest BCUT2D eigenvalue weighted by atomic mass is 16.5. The fourth-order valence-electron chi connectivity index (χ4n) is 1.47. The van der Waals surface area contributed by atoms with Crippen molar-refractivity contribution in [2.75, 3.05) is 25.1 Å². The first kappa shape index (κ1) is 9.30. The maximum Gasteiger partial charge on any atom is 0.493 e. The molecule has 2 N–H and O–H groups in total. The van der Waals surface area contributed by atoms with Crippen LogP contribution in [0.15, 0.2) is 12.4 Å². The number of pyridine rings is 1. The van der Waals surface area contributed by atoms with E-state index >= 15 is 0 Å². The van der Waals surface area contributed by atoms with Gasteiger partial charge < -0.3 is 19.7 Å². The molecule has 1 aliphatic rings. The largest absolute Gasteiger partial charge is 0.493 e. The molecule has 0 bridgehead atoms. The van der Waals surface area contributed by atoms with Crippen LogP contribution in [0.25, 0.3) is 0 Å². The summed E-state index contributed by atoms with van der Waals surface area (Å²) in [4.78, 5) is 5.90. The van der Waals surface area contributed by atoms with E-state index in [2.05, 4.69) is 4.98 Å². The molecule has 0 aromatic carbocycles. The number of aromatic nitrogens is 1. The van der Waals surface area contributed by atoms with Gasteiger partial charge in [-0.3, -0.25) is 4.98 Å². The van der Waals surface area contributed by atoms with Gasteiger partial charge in [-0.15, -0.1) is 0 Å². The Bertz CT molecular complexity index is 331. The second-order valence-electron chi connectivity index (χ2n) is 3.22. The van der Waals surface area contributed by atoms with Gasteiger partial charge in [0.05, 0.1) is 18.4 Å². The lowest BCUT2D eigenvalue weighted by atomic mass is 9.80. The second-order valence-corrected chi connectivity index (χ2v) is 3.22. The number of anilines is 1. The van der Waals surface area contributed by atoms with Gasteiger partial charge in [0.2, 0.25) is 0 Å². The van der Waals surface area contributed by atoms with E-state index in [4.69, 9.17) is 14.8 Å². The van der Waals surface area contributed by atoms with Crippen molar-refractivity contribution in [3.05, 3.63) is 12.4 Å². The molecule has 0 aliphatic carbocycles. The summed E-state index contributed by atoms with van der Waals surface area (Å²) in [5, 5.41) is 18.2. The van der Waals surface area contributed by atoms with Gasteiger partial charge >= 0.3 is 7.12 Å². The third kappa shape index (κ3) is 1.42. The fourth-order valence-corrected chi connectivity index (χ4v) is 1.47. The van der Waals surface area contributed by atoms with Crippen LogP contribution in [0.3, 0.4) is 0 Å². The first-order valence-electron chi connectivity index (χ1n) is 4.38. The van der Waals surface area contributed by atoms with Crippen LogP contribution in [0, 0.1) is 0 Å². The molecular formula is C8H11BN2O3. The van der Waals surface area contributed by atoms with Crippen LogP contribution in [-0.2, 0) is 0 Å². The summed E-state index contributed by atoms with van der Waals surface area (Å²) in [5.74, 6) is 0.517. The van der Waals surface area contributed by atoms with Crippen molar-refractivity contribution in [2.24, 2.45) is 0 Å². The minimum Gasteiger partial charge on any atom is -0.490 e. The van der Waals surface area contributed by atoms with Gasteiger partial charge in [0.1, 0.15) is 12.4 Å². The minimum atomic E-state index is -1.54. The molecule has 0 saturated heterocycles. The van der Waals surface area contributed by atoms with Gasteiger partial charge in [0.25, 0.3) is 0 Å². The van der Waals surface area contributed by atoms with Gasteiger partial charge in [-0.1, -0.05) is 0 Å². The van der Waals surface area contributed by atoms with Crippen molar-refractivity contribution in [2.45, 2.75) is 0 Å². The van der Waals surface area contributed by atoms with Crippen molar-refractivity contribution < 1.29 is 14.8 Å². The number of hydrogen-bond acceptors (Lipinski definition) is 5. The Labute approximate surface area is 82.1 Å². The third-order valence-electron chi connectivity index (χ3n) is 2.27. The molecule has 0 spiro atoms. The molecule has 0 unspecified atom stereocenters. The summed E-state index contributed by atoms with van der Waals surface area (Å²) in [6.45, 7) is 1.33. The smallest absolute Gasteiger partial charge is 0.490 e. The molecule has 0 fully saturated rings. The maximum atomic E-state index is 9.08. The van der Waals surface area contributed by atoms with Crippen LogP contribution in [0.4, 0.5) is 5.69 Å². The van der Waals surface area contributed by atoms with Gasteiger partial charge in [-0.05, 0) is 0 Å². The summed E-state index contributed by atoms with van der Waals surface area (Å²) < 4.78 is 5.38. The lowest BCUT2D eigenvalue weighted by Crippen LogP contribution is -2.37. The molecule has 0 saturated carbocycles. The van der Waals surface area contributed by atoms with E-state index in [0.29, 0.717) is 17.8 Å². The van der Waals surface area contributed by atoms with E-state index in [-0.39, 0.29) is 0 Å². The fraction of sp³-hybridized carbons (Fsp3) is 0.375. The van der Waals surface area contributed by atoms with Crippen LogP contribution < -0.4 is 15.1 Å². The molecule has 1 aliphatic heterocycles. The van der Waals surface area contributed by atoms with Crippen LogP contribution in [0.1, 0.15) is 0 Å². The molecule has 2 heterocycles. The SMILES string of the molecule is CN1CCOc2c(B(O)O)cncc21. The average Bonchev–Trinajstić information content (AvgIpc) is 2.17. The van der Waals surface area contributed by atoms with E-state index in [1.807, 2.05) is 11.9 Å². The Hall–Kier alpha value is -1.27. The molecule has 1 aromatic heterocycles. The lowest BCUT2D eigenvalue weighted by Gasteiger charge is -2.28. The molecule has 74 valence electrons. The lowest BCUT2D eigenvalue weighted by molar-refractivity contribution is 0.311. The Morgan fingerprint density at radius 3 is 3.00 bits per heavy atom. The summed E-state index contributed by atoms with van der Waals surface area (Å²) in [6, 6.07) is 0. The summed E-state index contributed by atoms with van der Waals surface area (Å²) >= 11 is 0. The number of rotatable bonds is 1. The van der Waals surface area contributed by atoms with Gasteiger partial charge in [-0.25, -0.2) is 0 Å². The zero-order valence-corrected chi connectivity index (χ0v) is 7.84. The Balaban J connectivity index is 2.49. The van der Waals surface area contributed by atoms with Crippen LogP contribution in [-0.4, -0.2) is 42.3 Å². The molecule has 0 amide bonds. The molecule has 2 rings (SSSR count). The molecule has 5 nitrogen and oxygen atoms in total. The highest BCUT2D eigenvalue weighted by Crippen LogP contribution is 2.27. The molecular weight excluding hydrogens is 183 g/mol. The minimum absolute atomic E-state index is 0.314. The summed E-state index contributed by atoms with van der Waals surface area (Å²) in [7, 11) is 0.375. The number of nitrogens with zero attached hydrogens (tertiary/aromatic N) is 2.